The van der Waals surface area contributed by atoms with Crippen molar-refractivity contribution in [1.82, 2.24) is 5.32 Å². The van der Waals surface area contributed by atoms with E-state index in [0.29, 0.717) is 12.8 Å². The summed E-state index contributed by atoms with van der Waals surface area (Å²) in [5.74, 6) is 1.07. The van der Waals surface area contributed by atoms with Crippen LogP contribution in [0.1, 0.15) is 37.8 Å². The van der Waals surface area contributed by atoms with E-state index in [-0.39, 0.29) is 11.9 Å². The molecule has 18 heavy (non-hydrogen) atoms. The van der Waals surface area contributed by atoms with Gasteiger partial charge in [-0.2, -0.15) is 0 Å². The molecule has 0 fully saturated rings. The first-order valence-electron chi connectivity index (χ1n) is 6.36. The molecule has 4 heteroatoms. The Morgan fingerprint density at radius 2 is 2.33 bits per heavy atom. The topological polar surface area (TPSA) is 49.3 Å². The maximum Gasteiger partial charge on any atom is 0.220 e. The monoisotopic (exact) mass is 265 g/mol. The number of nitrogens with one attached hydrogen (secondary N) is 1. The zero-order valence-corrected chi connectivity index (χ0v) is 11.4. The molecule has 2 unspecified atom stereocenters. The van der Waals surface area contributed by atoms with E-state index in [9.17, 15) is 9.90 Å². The van der Waals surface area contributed by atoms with Crippen LogP contribution in [0.2, 0.25) is 0 Å². The van der Waals surface area contributed by atoms with E-state index >= 15 is 0 Å². The van der Waals surface area contributed by atoms with Gasteiger partial charge in [-0.3, -0.25) is 4.79 Å². The first-order valence-corrected chi connectivity index (χ1v) is 7.34. The summed E-state index contributed by atoms with van der Waals surface area (Å²) in [6, 6.07) is 8.36. The fraction of sp³-hybridized carbons (Fsp3) is 0.500. The van der Waals surface area contributed by atoms with Crippen molar-refractivity contribution < 1.29 is 9.90 Å². The number of amides is 1. The van der Waals surface area contributed by atoms with Gasteiger partial charge in [-0.15, -0.1) is 11.8 Å². The number of carbonyl (C=O) groups excluding carboxylic acids is 1. The van der Waals surface area contributed by atoms with Crippen LogP contribution in [-0.4, -0.2) is 22.9 Å². The predicted molar refractivity (Wildman–Crippen MR) is 73.6 cm³/mol. The van der Waals surface area contributed by atoms with Gasteiger partial charge in [0.2, 0.25) is 5.91 Å². The van der Waals surface area contributed by atoms with Gasteiger partial charge in [0.25, 0.3) is 0 Å². The smallest absolute Gasteiger partial charge is 0.220 e. The van der Waals surface area contributed by atoms with Gasteiger partial charge in [0, 0.05) is 17.1 Å². The fourth-order valence-electron chi connectivity index (χ4n) is 2.10. The Kier molecular flexibility index (Phi) is 4.66. The average Bonchev–Trinajstić information content (AvgIpc) is 2.37. The third-order valence-electron chi connectivity index (χ3n) is 3.08. The first kappa shape index (κ1) is 13.4. The molecule has 0 bridgehead atoms. The Morgan fingerprint density at radius 3 is 3.11 bits per heavy atom. The summed E-state index contributed by atoms with van der Waals surface area (Å²) in [7, 11) is 0. The van der Waals surface area contributed by atoms with Gasteiger partial charge in [0.05, 0.1) is 12.1 Å². The van der Waals surface area contributed by atoms with E-state index < -0.39 is 6.10 Å². The van der Waals surface area contributed by atoms with Gasteiger partial charge in [-0.05, 0) is 31.4 Å². The van der Waals surface area contributed by atoms with Gasteiger partial charge in [-0.25, -0.2) is 0 Å². The van der Waals surface area contributed by atoms with Gasteiger partial charge in [-0.1, -0.05) is 18.2 Å². The number of benzene rings is 1. The molecule has 0 saturated carbocycles. The summed E-state index contributed by atoms with van der Waals surface area (Å²) < 4.78 is 0. The standard InChI is InChI=1S/C14H19NO2S/c1-10(16)6-7-14(17)15-12-8-9-18-13-5-3-2-4-11(12)13/h2-5,10,12,16H,6-9H2,1H3,(H,15,17). The van der Waals surface area contributed by atoms with Crippen molar-refractivity contribution in [3.63, 3.8) is 0 Å². The van der Waals surface area contributed by atoms with E-state index in [4.69, 9.17) is 0 Å². The highest BCUT2D eigenvalue weighted by Gasteiger charge is 2.21. The third-order valence-corrected chi connectivity index (χ3v) is 4.21. The Morgan fingerprint density at radius 1 is 1.56 bits per heavy atom. The van der Waals surface area contributed by atoms with E-state index in [0.717, 1.165) is 12.2 Å². The van der Waals surface area contributed by atoms with E-state index in [2.05, 4.69) is 17.4 Å². The fourth-order valence-corrected chi connectivity index (χ4v) is 3.22. The molecule has 2 rings (SSSR count). The molecule has 2 N–H and O–H groups in total. The van der Waals surface area contributed by atoms with Gasteiger partial charge < -0.3 is 10.4 Å². The van der Waals surface area contributed by atoms with Gasteiger partial charge in [0.1, 0.15) is 0 Å². The number of fused-ring (bicyclic) bond motifs is 1. The molecule has 0 aromatic heterocycles. The molecule has 0 aliphatic carbocycles. The molecular formula is C14H19NO2S. The minimum Gasteiger partial charge on any atom is -0.393 e. The van der Waals surface area contributed by atoms with Crippen LogP contribution in [0.3, 0.4) is 0 Å². The molecule has 1 heterocycles. The number of rotatable bonds is 4. The highest BCUT2D eigenvalue weighted by atomic mass is 32.2. The molecule has 2 atom stereocenters. The zero-order valence-electron chi connectivity index (χ0n) is 10.6. The van der Waals surface area contributed by atoms with E-state index in [1.807, 2.05) is 23.9 Å². The molecule has 98 valence electrons. The lowest BCUT2D eigenvalue weighted by Gasteiger charge is -2.26. The Hall–Kier alpha value is -1.00. The molecule has 1 aromatic carbocycles. The zero-order chi connectivity index (χ0) is 13.0. The number of aliphatic hydroxyl groups is 1. The molecule has 1 amide bonds. The minimum absolute atomic E-state index is 0.0302. The number of carbonyl (C=O) groups is 1. The van der Waals surface area contributed by atoms with Crippen LogP contribution in [0.15, 0.2) is 29.2 Å². The largest absolute Gasteiger partial charge is 0.393 e. The van der Waals surface area contributed by atoms with Crippen molar-refractivity contribution in [3.8, 4) is 0 Å². The average molecular weight is 265 g/mol. The highest BCUT2D eigenvalue weighted by Crippen LogP contribution is 2.35. The Bertz CT molecular complexity index is 420. The minimum atomic E-state index is -0.412. The second kappa shape index (κ2) is 6.25. The molecule has 0 spiro atoms. The summed E-state index contributed by atoms with van der Waals surface area (Å²) in [6.07, 6.45) is 1.48. The lowest BCUT2D eigenvalue weighted by Crippen LogP contribution is -2.30. The molecule has 0 radical (unpaired) electrons. The molecule has 1 aromatic rings. The summed E-state index contributed by atoms with van der Waals surface area (Å²) in [5, 5.41) is 12.2. The molecule has 3 nitrogen and oxygen atoms in total. The van der Waals surface area contributed by atoms with Crippen LogP contribution in [0.4, 0.5) is 0 Å². The van der Waals surface area contributed by atoms with Crippen LogP contribution < -0.4 is 5.32 Å². The number of aliphatic hydroxyl groups excluding tert-OH is 1. The van der Waals surface area contributed by atoms with Crippen molar-refractivity contribution in [2.24, 2.45) is 0 Å². The Labute approximate surface area is 112 Å². The lowest BCUT2D eigenvalue weighted by atomic mass is 10.0. The van der Waals surface area contributed by atoms with Crippen molar-refractivity contribution in [2.75, 3.05) is 5.75 Å². The molecular weight excluding hydrogens is 246 g/mol. The summed E-state index contributed by atoms with van der Waals surface area (Å²) >= 11 is 1.85. The van der Waals surface area contributed by atoms with Gasteiger partial charge in [0.15, 0.2) is 0 Å². The highest BCUT2D eigenvalue weighted by molar-refractivity contribution is 7.99. The van der Waals surface area contributed by atoms with Crippen molar-refractivity contribution in [1.29, 1.82) is 0 Å². The second-order valence-corrected chi connectivity index (χ2v) is 5.82. The number of hydrogen-bond acceptors (Lipinski definition) is 3. The summed E-state index contributed by atoms with van der Waals surface area (Å²) in [6.45, 7) is 1.71. The second-order valence-electron chi connectivity index (χ2n) is 4.68. The van der Waals surface area contributed by atoms with Crippen LogP contribution in [0, 0.1) is 0 Å². The Balaban J connectivity index is 1.96. The first-order chi connectivity index (χ1) is 8.66. The van der Waals surface area contributed by atoms with Crippen molar-refractivity contribution in [3.05, 3.63) is 29.8 Å². The van der Waals surface area contributed by atoms with Crippen molar-refractivity contribution in [2.45, 2.75) is 43.2 Å². The molecule has 1 aliphatic rings. The maximum absolute atomic E-state index is 11.8. The maximum atomic E-state index is 11.8. The normalized spacial score (nSPS) is 20.0. The van der Waals surface area contributed by atoms with Crippen LogP contribution in [0.25, 0.3) is 0 Å². The summed E-state index contributed by atoms with van der Waals surface area (Å²) in [5.41, 5.74) is 1.22. The van der Waals surface area contributed by atoms with Crippen LogP contribution >= 0.6 is 11.8 Å². The van der Waals surface area contributed by atoms with Crippen molar-refractivity contribution >= 4 is 17.7 Å². The van der Waals surface area contributed by atoms with E-state index in [1.54, 1.807) is 6.92 Å². The predicted octanol–water partition coefficient (Wildman–Crippen LogP) is 2.50. The third kappa shape index (κ3) is 3.50. The summed E-state index contributed by atoms with van der Waals surface area (Å²) in [4.78, 5) is 13.1. The van der Waals surface area contributed by atoms with E-state index in [1.165, 1.54) is 10.5 Å². The number of thioether (sulfide) groups is 1. The lowest BCUT2D eigenvalue weighted by molar-refractivity contribution is -0.122. The SMILES string of the molecule is CC(O)CCC(=O)NC1CCSc2ccccc21. The van der Waals surface area contributed by atoms with Crippen LogP contribution in [0.5, 0.6) is 0 Å². The number of hydrogen-bond donors (Lipinski definition) is 2. The van der Waals surface area contributed by atoms with Crippen LogP contribution in [-0.2, 0) is 4.79 Å². The quantitative estimate of drug-likeness (QED) is 0.879. The molecule has 1 aliphatic heterocycles. The van der Waals surface area contributed by atoms with Gasteiger partial charge >= 0.3 is 0 Å². The molecule has 0 saturated heterocycles.